The summed E-state index contributed by atoms with van der Waals surface area (Å²) < 4.78 is 27.2. The van der Waals surface area contributed by atoms with Crippen LogP contribution in [0, 0.1) is 6.92 Å². The zero-order valence-electron chi connectivity index (χ0n) is 14.4. The van der Waals surface area contributed by atoms with E-state index in [2.05, 4.69) is 10.9 Å². The third-order valence-electron chi connectivity index (χ3n) is 3.52. The summed E-state index contributed by atoms with van der Waals surface area (Å²) in [4.78, 5) is 12.3. The zero-order chi connectivity index (χ0) is 19.2. The lowest BCUT2D eigenvalue weighted by atomic mass is 10.2. The highest BCUT2D eigenvalue weighted by Crippen LogP contribution is 2.27. The van der Waals surface area contributed by atoms with Crippen molar-refractivity contribution in [2.75, 3.05) is 10.8 Å². The van der Waals surface area contributed by atoms with Gasteiger partial charge in [0.1, 0.15) is 6.54 Å². The van der Waals surface area contributed by atoms with Gasteiger partial charge in [0, 0.05) is 11.2 Å². The number of allylic oxidation sites excluding steroid dienone is 1. The van der Waals surface area contributed by atoms with E-state index in [1.54, 1.807) is 43.3 Å². The molecule has 0 fully saturated rings. The molecule has 26 heavy (non-hydrogen) atoms. The molecule has 0 aliphatic heterocycles. The van der Waals surface area contributed by atoms with E-state index >= 15 is 0 Å². The first-order valence-corrected chi connectivity index (χ1v) is 9.67. The van der Waals surface area contributed by atoms with Gasteiger partial charge in [-0.15, -0.1) is 0 Å². The summed E-state index contributed by atoms with van der Waals surface area (Å²) in [5.74, 6) is -0.515. The Hall–Kier alpha value is -2.51. The molecular formula is C18H20ClN3O3S. The molecule has 2 aromatic carbocycles. The lowest BCUT2D eigenvalue weighted by Crippen LogP contribution is -2.44. The number of hydrogen-bond donors (Lipinski definition) is 2. The normalized spacial score (nSPS) is 11.3. The minimum atomic E-state index is -3.94. The molecule has 0 heterocycles. The fraction of sp³-hybridized carbons (Fsp3) is 0.167. The molecule has 8 heteroatoms. The Bertz CT molecular complexity index is 899. The average Bonchev–Trinajstić information content (AvgIpc) is 2.63. The topological polar surface area (TPSA) is 78.5 Å². The lowest BCUT2D eigenvalue weighted by Gasteiger charge is -2.24. The molecule has 1 amide bonds. The summed E-state index contributed by atoms with van der Waals surface area (Å²) in [6.07, 6.45) is 3.22. The van der Waals surface area contributed by atoms with Gasteiger partial charge in [0.15, 0.2) is 0 Å². The lowest BCUT2D eigenvalue weighted by molar-refractivity contribution is -0.120. The first kappa shape index (κ1) is 19.8. The maximum absolute atomic E-state index is 13.1. The molecule has 0 unspecified atom stereocenters. The standard InChI is InChI=1S/C18H20ClN3O3S/c1-3-11-20-21-18(23)13-22(15-10-9-14(2)17(19)12-15)26(24,25)16-7-5-4-6-8-16/h3-12,20H,13H2,1-2H3,(H,21,23). The number of nitrogens with zero attached hydrogens (tertiary/aromatic N) is 1. The smallest absolute Gasteiger partial charge is 0.264 e. The maximum Gasteiger partial charge on any atom is 0.264 e. The van der Waals surface area contributed by atoms with Crippen molar-refractivity contribution in [3.8, 4) is 0 Å². The largest absolute Gasteiger partial charge is 0.306 e. The Morgan fingerprint density at radius 3 is 2.50 bits per heavy atom. The Morgan fingerprint density at radius 1 is 1.19 bits per heavy atom. The summed E-state index contributed by atoms with van der Waals surface area (Å²) >= 11 is 6.15. The van der Waals surface area contributed by atoms with E-state index in [1.807, 2.05) is 6.92 Å². The van der Waals surface area contributed by atoms with Gasteiger partial charge in [-0.2, -0.15) is 0 Å². The molecule has 0 aromatic heterocycles. The second-order valence-corrected chi connectivity index (χ2v) is 7.72. The number of sulfonamides is 1. The van der Waals surface area contributed by atoms with Crippen molar-refractivity contribution in [3.05, 3.63) is 71.4 Å². The Morgan fingerprint density at radius 2 is 1.88 bits per heavy atom. The number of amides is 1. The van der Waals surface area contributed by atoms with E-state index in [9.17, 15) is 13.2 Å². The first-order chi connectivity index (χ1) is 12.4. The number of anilines is 1. The van der Waals surface area contributed by atoms with Crippen LogP contribution < -0.4 is 15.2 Å². The van der Waals surface area contributed by atoms with Crippen LogP contribution in [0.5, 0.6) is 0 Å². The average molecular weight is 394 g/mol. The molecule has 0 radical (unpaired) electrons. The summed E-state index contributed by atoms with van der Waals surface area (Å²) in [6.45, 7) is 3.19. The van der Waals surface area contributed by atoms with Gasteiger partial charge in [0.25, 0.3) is 15.9 Å². The Kier molecular flexibility index (Phi) is 6.65. The summed E-state index contributed by atoms with van der Waals surface area (Å²) in [5, 5.41) is 0.420. The molecule has 0 spiro atoms. The monoisotopic (exact) mass is 393 g/mol. The van der Waals surface area contributed by atoms with E-state index in [1.165, 1.54) is 24.4 Å². The zero-order valence-corrected chi connectivity index (χ0v) is 16.0. The van der Waals surface area contributed by atoms with Crippen molar-refractivity contribution in [1.82, 2.24) is 10.9 Å². The molecule has 138 valence electrons. The molecule has 0 aliphatic carbocycles. The molecule has 2 rings (SSSR count). The highest BCUT2D eigenvalue weighted by atomic mass is 35.5. The molecule has 6 nitrogen and oxygen atoms in total. The highest BCUT2D eigenvalue weighted by molar-refractivity contribution is 7.92. The van der Waals surface area contributed by atoms with Gasteiger partial charge in [0.2, 0.25) is 0 Å². The van der Waals surface area contributed by atoms with Crippen LogP contribution in [0.3, 0.4) is 0 Å². The number of carbonyl (C=O) groups is 1. The third kappa shape index (κ3) is 4.77. The van der Waals surface area contributed by atoms with Crippen LogP contribution in [-0.4, -0.2) is 20.9 Å². The van der Waals surface area contributed by atoms with Gasteiger partial charge in [-0.3, -0.25) is 14.5 Å². The molecule has 0 bridgehead atoms. The predicted molar refractivity (Wildman–Crippen MR) is 103 cm³/mol. The van der Waals surface area contributed by atoms with Crippen LogP contribution in [-0.2, 0) is 14.8 Å². The van der Waals surface area contributed by atoms with Crippen LogP contribution in [0.2, 0.25) is 5.02 Å². The van der Waals surface area contributed by atoms with Crippen molar-refractivity contribution in [1.29, 1.82) is 0 Å². The number of carbonyl (C=O) groups excluding carboxylic acids is 1. The van der Waals surface area contributed by atoms with Crippen molar-refractivity contribution < 1.29 is 13.2 Å². The molecule has 2 N–H and O–H groups in total. The number of rotatable bonds is 7. The van der Waals surface area contributed by atoms with Crippen LogP contribution in [0.25, 0.3) is 0 Å². The van der Waals surface area contributed by atoms with E-state index in [0.29, 0.717) is 10.7 Å². The van der Waals surface area contributed by atoms with Crippen molar-refractivity contribution >= 4 is 33.2 Å². The van der Waals surface area contributed by atoms with Crippen molar-refractivity contribution in [3.63, 3.8) is 0 Å². The minimum Gasteiger partial charge on any atom is -0.306 e. The van der Waals surface area contributed by atoms with Crippen molar-refractivity contribution in [2.24, 2.45) is 0 Å². The molecule has 0 aliphatic rings. The molecule has 2 aromatic rings. The van der Waals surface area contributed by atoms with E-state index in [0.717, 1.165) is 9.87 Å². The molecule has 0 atom stereocenters. The van der Waals surface area contributed by atoms with Crippen LogP contribution in [0.1, 0.15) is 12.5 Å². The number of nitrogens with one attached hydrogen (secondary N) is 2. The van der Waals surface area contributed by atoms with Crippen LogP contribution in [0.4, 0.5) is 5.69 Å². The Balaban J connectivity index is 2.41. The van der Waals surface area contributed by atoms with E-state index in [4.69, 9.17) is 11.6 Å². The van der Waals surface area contributed by atoms with Gasteiger partial charge >= 0.3 is 0 Å². The number of benzene rings is 2. The quantitative estimate of drug-likeness (QED) is 0.709. The number of aryl methyl sites for hydroxylation is 1. The Labute approximate surface area is 158 Å². The van der Waals surface area contributed by atoms with E-state index in [-0.39, 0.29) is 4.90 Å². The van der Waals surface area contributed by atoms with E-state index < -0.39 is 22.5 Å². The molecule has 0 saturated carbocycles. The van der Waals surface area contributed by atoms with Gasteiger partial charge in [-0.05, 0) is 43.7 Å². The number of hydrazine groups is 1. The van der Waals surface area contributed by atoms with Crippen LogP contribution >= 0.6 is 11.6 Å². The van der Waals surface area contributed by atoms with Gasteiger partial charge in [0.05, 0.1) is 10.6 Å². The summed E-state index contributed by atoms with van der Waals surface area (Å²) in [7, 11) is -3.94. The SMILES string of the molecule is CC=CNNC(=O)CN(c1ccc(C)c(Cl)c1)S(=O)(=O)c1ccccc1. The second kappa shape index (κ2) is 8.73. The minimum absolute atomic E-state index is 0.0888. The maximum atomic E-state index is 13.1. The van der Waals surface area contributed by atoms with Gasteiger partial charge in [-0.25, -0.2) is 8.42 Å². The second-order valence-electron chi connectivity index (χ2n) is 5.45. The number of halogens is 1. The predicted octanol–water partition coefficient (Wildman–Crippen LogP) is 3.00. The van der Waals surface area contributed by atoms with Crippen molar-refractivity contribution in [2.45, 2.75) is 18.7 Å². The highest BCUT2D eigenvalue weighted by Gasteiger charge is 2.27. The fourth-order valence-corrected chi connectivity index (χ4v) is 3.76. The summed E-state index contributed by atoms with van der Waals surface area (Å²) in [5.41, 5.74) is 6.12. The fourth-order valence-electron chi connectivity index (χ4n) is 2.15. The molecule has 0 saturated heterocycles. The molecular weight excluding hydrogens is 374 g/mol. The number of hydrogen-bond acceptors (Lipinski definition) is 4. The van der Waals surface area contributed by atoms with Gasteiger partial charge in [-0.1, -0.05) is 41.9 Å². The summed E-state index contributed by atoms with van der Waals surface area (Å²) in [6, 6.07) is 12.8. The van der Waals surface area contributed by atoms with Crippen LogP contribution in [0.15, 0.2) is 65.7 Å². The first-order valence-electron chi connectivity index (χ1n) is 7.85. The van der Waals surface area contributed by atoms with Gasteiger partial charge < -0.3 is 5.43 Å². The third-order valence-corrected chi connectivity index (χ3v) is 5.72.